The predicted molar refractivity (Wildman–Crippen MR) is 69.3 cm³/mol. The van der Waals surface area contributed by atoms with Crippen LogP contribution in [0.1, 0.15) is 0 Å². The molecular formula is C16H11O. The zero-order valence-corrected chi connectivity index (χ0v) is 9.26. The smallest absolute Gasteiger partial charge is 0.135 e. The zero-order chi connectivity index (χ0) is 11.5. The van der Waals surface area contributed by atoms with Crippen molar-refractivity contribution >= 4 is 10.8 Å². The van der Waals surface area contributed by atoms with E-state index < -0.39 is 0 Å². The van der Waals surface area contributed by atoms with E-state index in [2.05, 4.69) is 6.07 Å². The molecule has 0 amide bonds. The lowest BCUT2D eigenvalue weighted by Gasteiger charge is -2.08. The van der Waals surface area contributed by atoms with Crippen molar-refractivity contribution in [2.75, 3.05) is 0 Å². The second-order valence-corrected chi connectivity index (χ2v) is 3.80. The fourth-order valence-electron chi connectivity index (χ4n) is 1.83. The quantitative estimate of drug-likeness (QED) is 0.619. The maximum atomic E-state index is 5.87. The van der Waals surface area contributed by atoms with Crippen LogP contribution in [0, 0.1) is 6.07 Å². The molecular weight excluding hydrogens is 208 g/mol. The molecule has 1 radical (unpaired) electrons. The highest BCUT2D eigenvalue weighted by Crippen LogP contribution is 2.29. The third kappa shape index (κ3) is 2.00. The molecule has 0 aliphatic heterocycles. The van der Waals surface area contributed by atoms with Crippen molar-refractivity contribution in [3.8, 4) is 11.5 Å². The van der Waals surface area contributed by atoms with Gasteiger partial charge in [0.05, 0.1) is 0 Å². The first-order valence-electron chi connectivity index (χ1n) is 5.56. The lowest BCUT2D eigenvalue weighted by atomic mass is 10.1. The lowest BCUT2D eigenvalue weighted by molar-refractivity contribution is 0.488. The molecule has 0 spiro atoms. The second-order valence-electron chi connectivity index (χ2n) is 3.80. The Bertz CT molecular complexity index is 624. The molecule has 0 aliphatic carbocycles. The van der Waals surface area contributed by atoms with E-state index in [4.69, 9.17) is 4.74 Å². The molecule has 0 heterocycles. The fourth-order valence-corrected chi connectivity index (χ4v) is 1.83. The first-order valence-corrected chi connectivity index (χ1v) is 5.56. The van der Waals surface area contributed by atoms with Gasteiger partial charge >= 0.3 is 0 Å². The molecule has 3 aromatic carbocycles. The topological polar surface area (TPSA) is 9.23 Å². The van der Waals surface area contributed by atoms with Crippen LogP contribution in [0.3, 0.4) is 0 Å². The van der Waals surface area contributed by atoms with E-state index in [0.717, 1.165) is 22.3 Å². The zero-order valence-electron chi connectivity index (χ0n) is 9.26. The van der Waals surface area contributed by atoms with Gasteiger partial charge in [-0.2, -0.15) is 0 Å². The van der Waals surface area contributed by atoms with Gasteiger partial charge < -0.3 is 4.74 Å². The molecule has 0 saturated heterocycles. The summed E-state index contributed by atoms with van der Waals surface area (Å²) in [5.41, 5.74) is 0. The average Bonchev–Trinajstić information content (AvgIpc) is 2.40. The van der Waals surface area contributed by atoms with Crippen LogP contribution in [0.2, 0.25) is 0 Å². The maximum Gasteiger partial charge on any atom is 0.135 e. The van der Waals surface area contributed by atoms with E-state index in [1.165, 1.54) is 0 Å². The van der Waals surface area contributed by atoms with Crippen molar-refractivity contribution in [1.82, 2.24) is 0 Å². The van der Waals surface area contributed by atoms with Gasteiger partial charge in [-0.15, -0.1) is 0 Å². The Hall–Kier alpha value is -2.28. The normalized spacial score (nSPS) is 10.4. The van der Waals surface area contributed by atoms with Crippen molar-refractivity contribution < 1.29 is 4.74 Å². The van der Waals surface area contributed by atoms with Crippen molar-refractivity contribution in [2.24, 2.45) is 0 Å². The average molecular weight is 219 g/mol. The van der Waals surface area contributed by atoms with Crippen LogP contribution in [0.25, 0.3) is 10.8 Å². The first kappa shape index (κ1) is 9.91. The molecule has 81 valence electrons. The lowest BCUT2D eigenvalue weighted by Crippen LogP contribution is -1.85. The number of hydrogen-bond donors (Lipinski definition) is 0. The molecule has 3 rings (SSSR count). The van der Waals surface area contributed by atoms with E-state index >= 15 is 0 Å². The molecule has 1 heteroatoms. The Morgan fingerprint density at radius 2 is 1.65 bits per heavy atom. The highest BCUT2D eigenvalue weighted by molar-refractivity contribution is 5.87. The molecule has 17 heavy (non-hydrogen) atoms. The van der Waals surface area contributed by atoms with E-state index in [-0.39, 0.29) is 0 Å². The van der Waals surface area contributed by atoms with Crippen LogP contribution in [0.5, 0.6) is 11.5 Å². The number of hydrogen-bond acceptors (Lipinski definition) is 1. The Morgan fingerprint density at radius 3 is 2.53 bits per heavy atom. The summed E-state index contributed by atoms with van der Waals surface area (Å²) < 4.78 is 5.87. The third-order valence-electron chi connectivity index (χ3n) is 2.64. The maximum absolute atomic E-state index is 5.87. The van der Waals surface area contributed by atoms with Crippen LogP contribution in [0.4, 0.5) is 0 Å². The van der Waals surface area contributed by atoms with Gasteiger partial charge in [-0.05, 0) is 29.7 Å². The number of para-hydroxylation sites is 1. The highest BCUT2D eigenvalue weighted by Gasteiger charge is 2.01. The fraction of sp³-hybridized carbons (Fsp3) is 0. The van der Waals surface area contributed by atoms with Crippen LogP contribution < -0.4 is 4.74 Å². The van der Waals surface area contributed by atoms with Gasteiger partial charge in [0.25, 0.3) is 0 Å². The van der Waals surface area contributed by atoms with Crippen LogP contribution in [-0.2, 0) is 0 Å². The van der Waals surface area contributed by atoms with E-state index in [9.17, 15) is 0 Å². The number of ether oxygens (including phenoxy) is 1. The number of benzene rings is 3. The van der Waals surface area contributed by atoms with Crippen molar-refractivity contribution in [3.63, 3.8) is 0 Å². The Balaban J connectivity index is 2.06. The van der Waals surface area contributed by atoms with Gasteiger partial charge in [-0.25, -0.2) is 0 Å². The number of rotatable bonds is 2. The van der Waals surface area contributed by atoms with E-state index in [1.54, 1.807) is 0 Å². The summed E-state index contributed by atoms with van der Waals surface area (Å²) in [6.07, 6.45) is 0. The minimum Gasteiger partial charge on any atom is -0.457 e. The van der Waals surface area contributed by atoms with Gasteiger partial charge in [-0.3, -0.25) is 0 Å². The minimum absolute atomic E-state index is 0.851. The van der Waals surface area contributed by atoms with Gasteiger partial charge in [0.2, 0.25) is 0 Å². The number of fused-ring (bicyclic) bond motifs is 1. The summed E-state index contributed by atoms with van der Waals surface area (Å²) in [7, 11) is 0. The van der Waals surface area contributed by atoms with Gasteiger partial charge in [-0.1, -0.05) is 48.5 Å². The molecule has 0 atom stereocenters. The largest absolute Gasteiger partial charge is 0.457 e. The van der Waals surface area contributed by atoms with Gasteiger partial charge in [0, 0.05) is 5.39 Å². The van der Waals surface area contributed by atoms with Gasteiger partial charge in [0.1, 0.15) is 11.5 Å². The standard InChI is InChI=1S/C16H11O/c1-2-9-14(10-3-1)17-16-12-6-8-13-7-4-5-11-15(13)16/h1-6,8-12H. The summed E-state index contributed by atoms with van der Waals surface area (Å²) in [5.74, 6) is 1.72. The third-order valence-corrected chi connectivity index (χ3v) is 2.64. The molecule has 1 nitrogen and oxygen atoms in total. The van der Waals surface area contributed by atoms with E-state index in [1.807, 2.05) is 66.7 Å². The van der Waals surface area contributed by atoms with Crippen LogP contribution >= 0.6 is 0 Å². The monoisotopic (exact) mass is 219 g/mol. The molecule has 0 unspecified atom stereocenters. The molecule has 0 aliphatic rings. The van der Waals surface area contributed by atoms with E-state index in [0.29, 0.717) is 0 Å². The summed E-state index contributed by atoms with van der Waals surface area (Å²) in [5, 5.41) is 2.15. The van der Waals surface area contributed by atoms with Crippen molar-refractivity contribution in [3.05, 3.63) is 72.8 Å². The van der Waals surface area contributed by atoms with Crippen LogP contribution in [-0.4, -0.2) is 0 Å². The van der Waals surface area contributed by atoms with Crippen molar-refractivity contribution in [2.45, 2.75) is 0 Å². The van der Waals surface area contributed by atoms with Crippen LogP contribution in [0.15, 0.2) is 66.7 Å². The molecule has 0 saturated carbocycles. The Morgan fingerprint density at radius 1 is 0.765 bits per heavy atom. The second kappa shape index (κ2) is 4.30. The SMILES string of the molecule is [c]1cccc2c(Oc3ccccc3)cccc12. The summed E-state index contributed by atoms with van der Waals surface area (Å²) in [4.78, 5) is 0. The summed E-state index contributed by atoms with van der Waals surface area (Å²) >= 11 is 0. The molecule has 0 N–H and O–H groups in total. The molecule has 0 bridgehead atoms. The first-order chi connectivity index (χ1) is 8.43. The molecule has 0 aromatic heterocycles. The predicted octanol–water partition coefficient (Wildman–Crippen LogP) is 4.43. The van der Waals surface area contributed by atoms with Gasteiger partial charge in [0.15, 0.2) is 0 Å². The Labute approximate surface area is 100 Å². The van der Waals surface area contributed by atoms with Crippen molar-refractivity contribution in [1.29, 1.82) is 0 Å². The Kier molecular flexibility index (Phi) is 2.51. The molecule has 3 aromatic rings. The molecule has 0 fully saturated rings. The summed E-state index contributed by atoms with van der Waals surface area (Å²) in [6, 6.07) is 24.9. The summed E-state index contributed by atoms with van der Waals surface area (Å²) in [6.45, 7) is 0. The minimum atomic E-state index is 0.851. The highest BCUT2D eigenvalue weighted by atomic mass is 16.5.